The Labute approximate surface area is 168 Å². The third-order valence-electron chi connectivity index (χ3n) is 4.84. The van der Waals surface area contributed by atoms with Gasteiger partial charge in [-0.25, -0.2) is 0 Å². The summed E-state index contributed by atoms with van der Waals surface area (Å²) in [5.41, 5.74) is 5.04. The Bertz CT molecular complexity index is 1150. The van der Waals surface area contributed by atoms with Crippen molar-refractivity contribution in [2.75, 3.05) is 5.32 Å². The van der Waals surface area contributed by atoms with E-state index in [-0.39, 0.29) is 11.2 Å². The van der Waals surface area contributed by atoms with E-state index < -0.39 is 0 Å². The Kier molecular flexibility index (Phi) is 5.05. The zero-order chi connectivity index (χ0) is 19.7. The van der Waals surface area contributed by atoms with Crippen LogP contribution >= 0.6 is 11.8 Å². The number of carbonyl (C=O) groups is 1. The molecule has 0 aliphatic rings. The van der Waals surface area contributed by atoms with Crippen molar-refractivity contribution in [2.45, 2.75) is 37.6 Å². The predicted octanol–water partition coefficient (Wildman–Crippen LogP) is 5.01. The number of aryl methyl sites for hydroxylation is 2. The lowest BCUT2D eigenvalue weighted by Crippen LogP contribution is -2.24. The molecular weight excluding hydrogens is 368 g/mol. The van der Waals surface area contributed by atoms with E-state index in [0.717, 1.165) is 27.6 Å². The number of carbonyl (C=O) groups excluding carboxylic acids is 1. The van der Waals surface area contributed by atoms with Crippen molar-refractivity contribution < 1.29 is 4.79 Å². The van der Waals surface area contributed by atoms with E-state index in [2.05, 4.69) is 52.0 Å². The average Bonchev–Trinajstić information content (AvgIpc) is 3.09. The monoisotopic (exact) mass is 390 g/mol. The van der Waals surface area contributed by atoms with Gasteiger partial charge in [0.1, 0.15) is 0 Å². The molecule has 1 atom stereocenters. The quantitative estimate of drug-likeness (QED) is 0.487. The number of aromatic nitrogens is 3. The third kappa shape index (κ3) is 3.36. The van der Waals surface area contributed by atoms with E-state index in [9.17, 15) is 4.79 Å². The normalized spacial score (nSPS) is 12.4. The Morgan fingerprint density at radius 3 is 2.61 bits per heavy atom. The number of rotatable bonds is 5. The zero-order valence-electron chi connectivity index (χ0n) is 16.1. The highest BCUT2D eigenvalue weighted by molar-refractivity contribution is 8.00. The number of thioether (sulfide) groups is 1. The molecule has 4 rings (SSSR count). The van der Waals surface area contributed by atoms with Gasteiger partial charge in [-0.05, 0) is 49.6 Å². The number of hydrogen-bond acceptors (Lipinski definition) is 4. The number of pyridine rings is 1. The molecule has 28 heavy (non-hydrogen) atoms. The molecule has 6 heteroatoms. The number of para-hydroxylation sites is 2. The van der Waals surface area contributed by atoms with Crippen molar-refractivity contribution in [3.05, 3.63) is 65.7 Å². The lowest BCUT2D eigenvalue weighted by molar-refractivity contribution is -0.115. The molecule has 0 aliphatic carbocycles. The van der Waals surface area contributed by atoms with Gasteiger partial charge in [0.2, 0.25) is 5.91 Å². The number of anilines is 1. The summed E-state index contributed by atoms with van der Waals surface area (Å²) in [4.78, 5) is 12.8. The highest BCUT2D eigenvalue weighted by Gasteiger charge is 2.22. The van der Waals surface area contributed by atoms with Crippen LogP contribution < -0.4 is 5.32 Å². The van der Waals surface area contributed by atoms with E-state index in [1.165, 1.54) is 22.7 Å². The second-order valence-electron chi connectivity index (χ2n) is 6.84. The van der Waals surface area contributed by atoms with Gasteiger partial charge in [0.05, 0.1) is 10.8 Å². The standard InChI is InChI=1S/C22H22N4OS/c1-4-18(21(27)23-16-10-6-5-7-11-16)28-22-25-24-19-13-15(3)17-12-8-9-14(2)20(17)26(19)22/h5-13,18H,4H2,1-3H3,(H,23,27). The highest BCUT2D eigenvalue weighted by Crippen LogP contribution is 2.31. The molecule has 142 valence electrons. The lowest BCUT2D eigenvalue weighted by Gasteiger charge is -2.15. The maximum Gasteiger partial charge on any atom is 0.237 e. The molecule has 0 saturated heterocycles. The number of hydrogen-bond donors (Lipinski definition) is 1. The van der Waals surface area contributed by atoms with Crippen molar-refractivity contribution in [2.24, 2.45) is 0 Å². The highest BCUT2D eigenvalue weighted by atomic mass is 32.2. The Balaban J connectivity index is 1.72. The second kappa shape index (κ2) is 7.64. The molecule has 1 unspecified atom stereocenters. The first-order valence-corrected chi connectivity index (χ1v) is 10.2. The fourth-order valence-corrected chi connectivity index (χ4v) is 4.37. The van der Waals surface area contributed by atoms with Gasteiger partial charge in [-0.2, -0.15) is 0 Å². The largest absolute Gasteiger partial charge is 0.325 e. The van der Waals surface area contributed by atoms with Crippen LogP contribution in [0.25, 0.3) is 16.6 Å². The molecule has 2 heterocycles. The van der Waals surface area contributed by atoms with Gasteiger partial charge in [-0.3, -0.25) is 9.20 Å². The summed E-state index contributed by atoms with van der Waals surface area (Å²) in [6.45, 7) is 6.19. The first-order chi connectivity index (χ1) is 13.6. The number of nitrogens with zero attached hydrogens (tertiary/aromatic N) is 3. The van der Waals surface area contributed by atoms with Crippen molar-refractivity contribution in [1.29, 1.82) is 0 Å². The molecule has 0 aliphatic heterocycles. The van der Waals surface area contributed by atoms with Gasteiger partial charge in [0.15, 0.2) is 10.8 Å². The van der Waals surface area contributed by atoms with Crippen LogP contribution in [-0.4, -0.2) is 25.8 Å². The molecule has 0 fully saturated rings. The maximum absolute atomic E-state index is 12.8. The number of benzene rings is 2. The lowest BCUT2D eigenvalue weighted by atomic mass is 10.1. The van der Waals surface area contributed by atoms with Crippen molar-refractivity contribution in [3.8, 4) is 0 Å². The zero-order valence-corrected chi connectivity index (χ0v) is 17.0. The summed E-state index contributed by atoms with van der Waals surface area (Å²) in [7, 11) is 0. The number of fused-ring (bicyclic) bond motifs is 3. The van der Waals surface area contributed by atoms with Crippen LogP contribution in [0.5, 0.6) is 0 Å². The molecule has 0 saturated carbocycles. The van der Waals surface area contributed by atoms with E-state index in [0.29, 0.717) is 6.42 Å². The molecule has 0 spiro atoms. The molecule has 2 aromatic heterocycles. The summed E-state index contributed by atoms with van der Waals surface area (Å²) in [6, 6.07) is 17.8. The van der Waals surface area contributed by atoms with Gasteiger partial charge in [-0.1, -0.05) is 55.1 Å². The molecule has 2 aromatic carbocycles. The summed E-state index contributed by atoms with van der Waals surface area (Å²) < 4.78 is 2.07. The average molecular weight is 391 g/mol. The van der Waals surface area contributed by atoms with Crippen LogP contribution in [0.15, 0.2) is 59.8 Å². The SMILES string of the molecule is CCC(Sc1nnc2cc(C)c3cccc(C)c3n12)C(=O)Nc1ccccc1. The van der Waals surface area contributed by atoms with Gasteiger partial charge in [0, 0.05) is 11.1 Å². The van der Waals surface area contributed by atoms with Gasteiger partial charge in [0.25, 0.3) is 0 Å². The van der Waals surface area contributed by atoms with Crippen molar-refractivity contribution >= 4 is 39.9 Å². The molecule has 4 aromatic rings. The third-order valence-corrected chi connectivity index (χ3v) is 6.15. The fourth-order valence-electron chi connectivity index (χ4n) is 3.40. The minimum atomic E-state index is -0.257. The van der Waals surface area contributed by atoms with Crippen LogP contribution in [0.2, 0.25) is 0 Å². The van der Waals surface area contributed by atoms with E-state index in [1.807, 2.05) is 43.3 Å². The van der Waals surface area contributed by atoms with Gasteiger partial charge in [-0.15, -0.1) is 10.2 Å². The molecule has 1 N–H and O–H groups in total. The second-order valence-corrected chi connectivity index (χ2v) is 8.01. The molecule has 0 bridgehead atoms. The minimum Gasteiger partial charge on any atom is -0.325 e. The fraction of sp³-hybridized carbons (Fsp3) is 0.227. The van der Waals surface area contributed by atoms with Crippen LogP contribution in [0, 0.1) is 13.8 Å². The van der Waals surface area contributed by atoms with Crippen molar-refractivity contribution in [3.63, 3.8) is 0 Å². The smallest absolute Gasteiger partial charge is 0.237 e. The molecule has 1 amide bonds. The molecular formula is C22H22N4OS. The van der Waals surface area contributed by atoms with Crippen LogP contribution in [0.1, 0.15) is 24.5 Å². The van der Waals surface area contributed by atoms with Gasteiger partial charge < -0.3 is 5.32 Å². The topological polar surface area (TPSA) is 59.3 Å². The first-order valence-electron chi connectivity index (χ1n) is 9.35. The summed E-state index contributed by atoms with van der Waals surface area (Å²) in [5.74, 6) is -0.0245. The summed E-state index contributed by atoms with van der Waals surface area (Å²) in [5, 5.41) is 13.4. The van der Waals surface area contributed by atoms with E-state index >= 15 is 0 Å². The van der Waals surface area contributed by atoms with Crippen LogP contribution in [0.3, 0.4) is 0 Å². The number of nitrogens with one attached hydrogen (secondary N) is 1. The minimum absolute atomic E-state index is 0.0245. The molecule has 0 radical (unpaired) electrons. The van der Waals surface area contributed by atoms with Crippen molar-refractivity contribution in [1.82, 2.24) is 14.6 Å². The summed E-state index contributed by atoms with van der Waals surface area (Å²) >= 11 is 1.46. The first kappa shape index (κ1) is 18.5. The Morgan fingerprint density at radius 1 is 1.07 bits per heavy atom. The van der Waals surface area contributed by atoms with Crippen LogP contribution in [0.4, 0.5) is 5.69 Å². The predicted molar refractivity (Wildman–Crippen MR) is 115 cm³/mol. The number of amides is 1. The van der Waals surface area contributed by atoms with E-state index in [1.54, 1.807) is 0 Å². The van der Waals surface area contributed by atoms with Gasteiger partial charge >= 0.3 is 0 Å². The Morgan fingerprint density at radius 2 is 1.86 bits per heavy atom. The maximum atomic E-state index is 12.8. The molecule has 5 nitrogen and oxygen atoms in total. The van der Waals surface area contributed by atoms with E-state index in [4.69, 9.17) is 0 Å². The van der Waals surface area contributed by atoms with Crippen LogP contribution in [-0.2, 0) is 4.79 Å². The Hall–Kier alpha value is -2.86. The summed E-state index contributed by atoms with van der Waals surface area (Å²) in [6.07, 6.45) is 0.695.